The first-order valence-corrected chi connectivity index (χ1v) is 11.8. The molecule has 0 saturated heterocycles. The van der Waals surface area contributed by atoms with Crippen LogP contribution < -0.4 is 19.8 Å². The molecule has 0 bridgehead atoms. The van der Waals surface area contributed by atoms with E-state index in [4.69, 9.17) is 9.47 Å². The maximum atomic E-state index is 13.4. The largest absolute Gasteiger partial charge is 0.497 e. The molecule has 1 N–H and O–H groups in total. The normalized spacial score (nSPS) is 14.3. The van der Waals surface area contributed by atoms with Gasteiger partial charge in [-0.15, -0.1) is 0 Å². The van der Waals surface area contributed by atoms with Crippen LogP contribution in [-0.4, -0.2) is 35.8 Å². The van der Waals surface area contributed by atoms with Crippen LogP contribution in [0.5, 0.6) is 11.5 Å². The van der Waals surface area contributed by atoms with Gasteiger partial charge in [-0.25, -0.2) is 4.98 Å². The van der Waals surface area contributed by atoms with Crippen LogP contribution in [0.4, 0.5) is 17.5 Å². The van der Waals surface area contributed by atoms with Gasteiger partial charge in [0.15, 0.2) is 11.7 Å². The average molecular weight is 516 g/mol. The summed E-state index contributed by atoms with van der Waals surface area (Å²) in [5.41, 5.74) is 2.65. The number of hydrogen-bond acceptors (Lipinski definition) is 9. The van der Waals surface area contributed by atoms with Gasteiger partial charge in [0.25, 0.3) is 11.9 Å². The molecule has 10 nitrogen and oxygen atoms in total. The third kappa shape index (κ3) is 4.82. The Morgan fingerprint density at radius 3 is 2.08 bits per heavy atom. The molecule has 0 saturated carbocycles. The van der Waals surface area contributed by atoms with E-state index < -0.39 is 11.8 Å². The maximum Gasteiger partial charge on any atom is 0.273 e. The van der Waals surface area contributed by atoms with Crippen molar-refractivity contribution >= 4 is 29.1 Å². The van der Waals surface area contributed by atoms with Gasteiger partial charge in [-0.2, -0.15) is 25.6 Å². The number of carbonyl (C=O) groups excluding carboxylic acids is 1. The number of aromatic nitrogens is 2. The Labute approximate surface area is 224 Å². The summed E-state index contributed by atoms with van der Waals surface area (Å²) in [5, 5.41) is 28.5. The lowest BCUT2D eigenvalue weighted by Crippen LogP contribution is -2.28. The van der Waals surface area contributed by atoms with Crippen molar-refractivity contribution in [2.75, 3.05) is 24.5 Å². The van der Waals surface area contributed by atoms with E-state index in [2.05, 4.69) is 26.5 Å². The molecule has 1 unspecified atom stereocenters. The number of nitriles is 2. The minimum Gasteiger partial charge on any atom is -0.497 e. The van der Waals surface area contributed by atoms with Crippen molar-refractivity contribution in [3.8, 4) is 34.9 Å². The highest BCUT2D eigenvalue weighted by molar-refractivity contribution is 6.23. The fourth-order valence-corrected chi connectivity index (χ4v) is 4.06. The third-order valence-electron chi connectivity index (χ3n) is 6.05. The molecule has 4 aromatic rings. The summed E-state index contributed by atoms with van der Waals surface area (Å²) in [7, 11) is 3.12. The van der Waals surface area contributed by atoms with E-state index >= 15 is 0 Å². The summed E-state index contributed by atoms with van der Waals surface area (Å²) in [6.07, 6.45) is 0. The SMILES string of the molecule is COc1ccc(Nc2nc(N3N=C(c4ccc(OC)cc4)C(C#N)C3=O)nc(-c3ccccc3)c2C#N)cc1. The van der Waals surface area contributed by atoms with E-state index in [1.807, 2.05) is 24.3 Å². The van der Waals surface area contributed by atoms with E-state index in [0.717, 1.165) is 5.01 Å². The lowest BCUT2D eigenvalue weighted by atomic mass is 9.98. The summed E-state index contributed by atoms with van der Waals surface area (Å²) < 4.78 is 10.4. The quantitative estimate of drug-likeness (QED) is 0.375. The molecule has 5 rings (SSSR count). The molecule has 1 atom stereocenters. The van der Waals surface area contributed by atoms with Crippen molar-refractivity contribution in [1.29, 1.82) is 10.5 Å². The molecule has 0 spiro atoms. The topological polar surface area (TPSA) is 137 Å². The molecule has 1 aromatic heterocycles. The molecule has 2 heterocycles. The van der Waals surface area contributed by atoms with E-state index in [0.29, 0.717) is 34.0 Å². The minimum absolute atomic E-state index is 0.0716. The van der Waals surface area contributed by atoms with Gasteiger partial charge in [0, 0.05) is 11.3 Å². The van der Waals surface area contributed by atoms with Crippen LogP contribution in [0.3, 0.4) is 0 Å². The number of hydrazone groups is 1. The van der Waals surface area contributed by atoms with Gasteiger partial charge in [-0.1, -0.05) is 30.3 Å². The highest BCUT2D eigenvalue weighted by Gasteiger charge is 2.39. The second kappa shape index (κ2) is 10.7. The standard InChI is InChI=1S/C29H21N7O3/c1-38-21-12-8-19(9-13-21)26-24(17-31)28(37)36(35-26)29-33-25(18-6-4-3-5-7-18)23(16-30)27(34-29)32-20-10-14-22(39-2)15-11-20/h3-15,24H,1-2H3,(H,32,33,34). The highest BCUT2D eigenvalue weighted by atomic mass is 16.5. The number of methoxy groups -OCH3 is 2. The number of anilines is 3. The Kier molecular flexibility index (Phi) is 6.85. The number of nitrogens with zero attached hydrogens (tertiary/aromatic N) is 6. The van der Waals surface area contributed by atoms with Gasteiger partial charge in [0.2, 0.25) is 0 Å². The molecule has 1 aliphatic rings. The Hall–Kier alpha value is -5.74. The molecule has 1 aliphatic heterocycles. The molecule has 0 aliphatic carbocycles. The zero-order chi connectivity index (χ0) is 27.4. The van der Waals surface area contributed by atoms with Gasteiger partial charge < -0.3 is 14.8 Å². The molecule has 10 heteroatoms. The number of rotatable bonds is 7. The van der Waals surface area contributed by atoms with Gasteiger partial charge in [0.05, 0.1) is 31.7 Å². The zero-order valence-electron chi connectivity index (χ0n) is 21.0. The first-order chi connectivity index (χ1) is 19.1. The Balaban J connectivity index is 1.64. The number of amides is 1. The van der Waals surface area contributed by atoms with Gasteiger partial charge >= 0.3 is 0 Å². The number of nitrogens with one attached hydrogen (secondary N) is 1. The van der Waals surface area contributed by atoms with Crippen LogP contribution in [0.2, 0.25) is 0 Å². The Bertz CT molecular complexity index is 1640. The van der Waals surface area contributed by atoms with E-state index in [9.17, 15) is 15.3 Å². The molecular weight excluding hydrogens is 494 g/mol. The van der Waals surface area contributed by atoms with Crippen LogP contribution >= 0.6 is 0 Å². The summed E-state index contributed by atoms with van der Waals surface area (Å²) in [4.78, 5) is 22.5. The number of benzene rings is 3. The van der Waals surface area contributed by atoms with Crippen LogP contribution in [-0.2, 0) is 4.79 Å². The molecule has 0 fully saturated rings. The summed E-state index contributed by atoms with van der Waals surface area (Å²) in [6.45, 7) is 0. The molecule has 1 amide bonds. The van der Waals surface area contributed by atoms with Crippen LogP contribution in [0.1, 0.15) is 11.1 Å². The van der Waals surface area contributed by atoms with Crippen molar-refractivity contribution < 1.29 is 14.3 Å². The number of carbonyl (C=O) groups is 1. The highest BCUT2D eigenvalue weighted by Crippen LogP contribution is 2.33. The van der Waals surface area contributed by atoms with Crippen molar-refractivity contribution in [3.63, 3.8) is 0 Å². The third-order valence-corrected chi connectivity index (χ3v) is 6.05. The van der Waals surface area contributed by atoms with Crippen LogP contribution in [0.15, 0.2) is 84.0 Å². The second-order valence-corrected chi connectivity index (χ2v) is 8.35. The Morgan fingerprint density at radius 1 is 0.846 bits per heavy atom. The number of ether oxygens (including phenoxy) is 2. The van der Waals surface area contributed by atoms with Gasteiger partial charge in [-0.05, 0) is 54.1 Å². The van der Waals surface area contributed by atoms with Crippen LogP contribution in [0.25, 0.3) is 11.3 Å². The van der Waals surface area contributed by atoms with E-state index in [1.54, 1.807) is 74.9 Å². The summed E-state index contributed by atoms with van der Waals surface area (Å²) in [5.74, 6) is -0.344. The molecule has 0 radical (unpaired) electrons. The monoisotopic (exact) mass is 515 g/mol. The predicted molar refractivity (Wildman–Crippen MR) is 145 cm³/mol. The van der Waals surface area contributed by atoms with Crippen molar-refractivity contribution in [2.45, 2.75) is 0 Å². The van der Waals surface area contributed by atoms with E-state index in [1.165, 1.54) is 0 Å². The zero-order valence-corrected chi connectivity index (χ0v) is 21.0. The predicted octanol–water partition coefficient (Wildman–Crippen LogP) is 4.67. The average Bonchev–Trinajstić information content (AvgIpc) is 3.33. The Morgan fingerprint density at radius 2 is 1.49 bits per heavy atom. The van der Waals surface area contributed by atoms with Crippen molar-refractivity contribution in [2.24, 2.45) is 11.0 Å². The second-order valence-electron chi connectivity index (χ2n) is 8.35. The first-order valence-electron chi connectivity index (χ1n) is 11.8. The molecule has 190 valence electrons. The van der Waals surface area contributed by atoms with Gasteiger partial charge in [0.1, 0.15) is 23.1 Å². The smallest absolute Gasteiger partial charge is 0.273 e. The lowest BCUT2D eigenvalue weighted by Gasteiger charge is -2.16. The first kappa shape index (κ1) is 24.9. The minimum atomic E-state index is -1.16. The van der Waals surface area contributed by atoms with E-state index in [-0.39, 0.29) is 23.0 Å². The molecule has 39 heavy (non-hydrogen) atoms. The van der Waals surface area contributed by atoms with Crippen molar-refractivity contribution in [3.05, 3.63) is 90.0 Å². The fraction of sp³-hybridized carbons (Fsp3) is 0.103. The lowest BCUT2D eigenvalue weighted by molar-refractivity contribution is -0.118. The summed E-state index contributed by atoms with van der Waals surface area (Å²) in [6, 6.07) is 27.3. The van der Waals surface area contributed by atoms with Crippen LogP contribution in [0, 0.1) is 28.6 Å². The summed E-state index contributed by atoms with van der Waals surface area (Å²) >= 11 is 0. The van der Waals surface area contributed by atoms with Crippen molar-refractivity contribution in [1.82, 2.24) is 9.97 Å². The maximum absolute atomic E-state index is 13.4. The number of hydrogen-bond donors (Lipinski definition) is 1. The molecular formula is C29H21N7O3. The molecule has 3 aromatic carbocycles. The fourth-order valence-electron chi connectivity index (χ4n) is 4.06. The van der Waals surface area contributed by atoms with Gasteiger partial charge in [-0.3, -0.25) is 4.79 Å².